The van der Waals surface area contributed by atoms with Crippen LogP contribution in [0.5, 0.6) is 0 Å². The van der Waals surface area contributed by atoms with Gasteiger partial charge < -0.3 is 20.7 Å². The number of ether oxygens (including phenoxy) is 1. The Morgan fingerprint density at radius 2 is 1.87 bits per heavy atom. The zero-order chi connectivity index (χ0) is 27.8. The normalized spacial score (nSPS) is 20.6. The summed E-state index contributed by atoms with van der Waals surface area (Å²) in [6, 6.07) is 6.76. The molecule has 0 saturated carbocycles. The SMILES string of the molecule is CC[C@@H]1CC[C@H](C(=O)NC(c2cc(F)c(Cl)cc2F)C2COC2)N1C(=O)c1cccc(C(C)(C)C(N)=O)c1. The molecule has 7 nitrogen and oxygen atoms in total. The van der Waals surface area contributed by atoms with Crippen LogP contribution in [0.15, 0.2) is 36.4 Å². The third kappa shape index (κ3) is 5.27. The Bertz CT molecular complexity index is 1250. The monoisotopic (exact) mass is 547 g/mol. The Hall–Kier alpha value is -3.04. The van der Waals surface area contributed by atoms with Gasteiger partial charge in [0.15, 0.2) is 0 Å². The summed E-state index contributed by atoms with van der Waals surface area (Å²) >= 11 is 5.73. The third-order valence-electron chi connectivity index (χ3n) is 7.77. The molecule has 204 valence electrons. The number of carbonyl (C=O) groups excluding carboxylic acids is 3. The molecule has 3 atom stereocenters. The molecule has 2 aromatic carbocycles. The van der Waals surface area contributed by atoms with Gasteiger partial charge in [0.1, 0.15) is 17.7 Å². The molecule has 0 aromatic heterocycles. The topological polar surface area (TPSA) is 102 Å². The minimum atomic E-state index is -0.988. The van der Waals surface area contributed by atoms with Gasteiger partial charge in [0, 0.05) is 23.1 Å². The van der Waals surface area contributed by atoms with Gasteiger partial charge in [-0.15, -0.1) is 0 Å². The fourth-order valence-electron chi connectivity index (χ4n) is 5.10. The lowest BCUT2D eigenvalue weighted by Crippen LogP contribution is -2.52. The van der Waals surface area contributed by atoms with Gasteiger partial charge in [-0.05, 0) is 62.9 Å². The standard InChI is InChI=1S/C28H32ClF2N3O4/c1-4-18-8-9-23(34(18)26(36)15-6-5-7-17(10-15)28(2,3)27(32)37)25(35)33-24(16-13-38-14-16)19-11-22(31)20(29)12-21(19)30/h5-7,10-12,16,18,23-24H,4,8-9,13-14H2,1-3H3,(H2,32,37)(H,33,35)/t18-,23-,24?/m1/s1. The number of benzene rings is 2. The summed E-state index contributed by atoms with van der Waals surface area (Å²) in [4.78, 5) is 40.9. The number of rotatable bonds is 8. The van der Waals surface area contributed by atoms with E-state index in [0.29, 0.717) is 30.4 Å². The Kier molecular flexibility index (Phi) is 8.09. The highest BCUT2D eigenvalue weighted by Crippen LogP contribution is 2.34. The van der Waals surface area contributed by atoms with Crippen molar-refractivity contribution in [1.29, 1.82) is 0 Å². The van der Waals surface area contributed by atoms with E-state index < -0.39 is 40.9 Å². The molecule has 0 spiro atoms. The van der Waals surface area contributed by atoms with Crippen molar-refractivity contribution >= 4 is 29.3 Å². The molecule has 3 amide bonds. The fourth-order valence-corrected chi connectivity index (χ4v) is 5.25. The molecule has 38 heavy (non-hydrogen) atoms. The second kappa shape index (κ2) is 11.0. The number of hydrogen-bond donors (Lipinski definition) is 2. The predicted octanol–water partition coefficient (Wildman–Crippen LogP) is 4.27. The van der Waals surface area contributed by atoms with Gasteiger partial charge in [0.05, 0.1) is 29.7 Å². The van der Waals surface area contributed by atoms with Crippen LogP contribution in [0.3, 0.4) is 0 Å². The quantitative estimate of drug-likeness (QED) is 0.482. The van der Waals surface area contributed by atoms with Gasteiger partial charge in [0.25, 0.3) is 5.91 Å². The van der Waals surface area contributed by atoms with Gasteiger partial charge in [-0.25, -0.2) is 8.78 Å². The summed E-state index contributed by atoms with van der Waals surface area (Å²) in [5.74, 6) is -3.09. The second-order valence-electron chi connectivity index (χ2n) is 10.5. The predicted molar refractivity (Wildman–Crippen MR) is 138 cm³/mol. The summed E-state index contributed by atoms with van der Waals surface area (Å²) in [5, 5.41) is 2.53. The highest BCUT2D eigenvalue weighted by molar-refractivity contribution is 6.30. The number of amides is 3. The molecular formula is C28H32ClF2N3O4. The number of hydrogen-bond acceptors (Lipinski definition) is 4. The van der Waals surface area contributed by atoms with Crippen LogP contribution < -0.4 is 11.1 Å². The van der Waals surface area contributed by atoms with E-state index in [-0.39, 0.29) is 41.7 Å². The number of nitrogens with two attached hydrogens (primary N) is 1. The number of carbonyl (C=O) groups is 3. The molecule has 4 rings (SSSR count). The van der Waals surface area contributed by atoms with E-state index in [4.69, 9.17) is 22.1 Å². The molecule has 2 fully saturated rings. The molecule has 1 unspecified atom stereocenters. The van der Waals surface area contributed by atoms with Crippen molar-refractivity contribution in [2.45, 2.75) is 63.6 Å². The molecule has 0 bridgehead atoms. The molecule has 0 radical (unpaired) electrons. The average molecular weight is 548 g/mol. The Morgan fingerprint density at radius 3 is 2.47 bits per heavy atom. The van der Waals surface area contributed by atoms with E-state index in [9.17, 15) is 23.2 Å². The summed E-state index contributed by atoms with van der Waals surface area (Å²) in [6.07, 6.45) is 1.68. The molecule has 3 N–H and O–H groups in total. The van der Waals surface area contributed by atoms with E-state index in [1.165, 1.54) is 0 Å². The van der Waals surface area contributed by atoms with Crippen LogP contribution >= 0.6 is 11.6 Å². The lowest BCUT2D eigenvalue weighted by molar-refractivity contribution is -0.128. The van der Waals surface area contributed by atoms with Crippen molar-refractivity contribution in [2.24, 2.45) is 11.7 Å². The Labute approximate surface area is 225 Å². The van der Waals surface area contributed by atoms with Crippen LogP contribution in [0.2, 0.25) is 5.02 Å². The Morgan fingerprint density at radius 1 is 1.16 bits per heavy atom. The fraction of sp³-hybridized carbons (Fsp3) is 0.464. The molecule has 2 saturated heterocycles. The van der Waals surface area contributed by atoms with Crippen molar-refractivity contribution in [3.63, 3.8) is 0 Å². The molecule has 2 aromatic rings. The van der Waals surface area contributed by atoms with Gasteiger partial charge in [-0.1, -0.05) is 30.7 Å². The molecule has 10 heteroatoms. The van der Waals surface area contributed by atoms with Crippen LogP contribution in [-0.4, -0.2) is 47.9 Å². The number of halogens is 3. The van der Waals surface area contributed by atoms with Crippen LogP contribution in [0.1, 0.15) is 67.6 Å². The van der Waals surface area contributed by atoms with Gasteiger partial charge in [-0.3, -0.25) is 14.4 Å². The maximum atomic E-state index is 14.8. The van der Waals surface area contributed by atoms with E-state index in [1.54, 1.807) is 43.0 Å². The molecule has 2 aliphatic rings. The van der Waals surface area contributed by atoms with Crippen molar-refractivity contribution in [2.75, 3.05) is 13.2 Å². The van der Waals surface area contributed by atoms with Crippen LogP contribution in [0.4, 0.5) is 8.78 Å². The summed E-state index contributed by atoms with van der Waals surface area (Å²) < 4.78 is 34.3. The summed E-state index contributed by atoms with van der Waals surface area (Å²) in [5.41, 5.74) is 5.49. The first-order valence-corrected chi connectivity index (χ1v) is 13.1. The van der Waals surface area contributed by atoms with Crippen LogP contribution in [-0.2, 0) is 19.7 Å². The largest absolute Gasteiger partial charge is 0.381 e. The molecule has 0 aliphatic carbocycles. The van der Waals surface area contributed by atoms with Crippen LogP contribution in [0, 0.1) is 17.6 Å². The lowest BCUT2D eigenvalue weighted by Gasteiger charge is -2.36. The first kappa shape index (κ1) is 28.0. The number of primary amides is 1. The van der Waals surface area contributed by atoms with Gasteiger partial charge >= 0.3 is 0 Å². The zero-order valence-corrected chi connectivity index (χ0v) is 22.4. The van der Waals surface area contributed by atoms with Crippen molar-refractivity contribution in [1.82, 2.24) is 10.2 Å². The summed E-state index contributed by atoms with van der Waals surface area (Å²) in [6.45, 7) is 5.87. The minimum absolute atomic E-state index is 0.0159. The smallest absolute Gasteiger partial charge is 0.254 e. The van der Waals surface area contributed by atoms with E-state index in [1.807, 2.05) is 6.92 Å². The van der Waals surface area contributed by atoms with Crippen molar-refractivity contribution in [3.8, 4) is 0 Å². The van der Waals surface area contributed by atoms with Gasteiger partial charge in [-0.2, -0.15) is 0 Å². The molecule has 2 aliphatic heterocycles. The minimum Gasteiger partial charge on any atom is -0.381 e. The third-order valence-corrected chi connectivity index (χ3v) is 8.06. The Balaban J connectivity index is 1.62. The number of likely N-dealkylation sites (tertiary alicyclic amines) is 1. The first-order chi connectivity index (χ1) is 17.9. The van der Waals surface area contributed by atoms with E-state index >= 15 is 0 Å². The van der Waals surface area contributed by atoms with Crippen LogP contribution in [0.25, 0.3) is 0 Å². The lowest BCUT2D eigenvalue weighted by atomic mass is 9.83. The van der Waals surface area contributed by atoms with Crippen molar-refractivity contribution < 1.29 is 27.9 Å². The summed E-state index contributed by atoms with van der Waals surface area (Å²) in [7, 11) is 0. The van der Waals surface area contributed by atoms with Crippen molar-refractivity contribution in [3.05, 3.63) is 69.7 Å². The molecule has 2 heterocycles. The molecular weight excluding hydrogens is 516 g/mol. The number of nitrogens with one attached hydrogen (secondary N) is 1. The maximum Gasteiger partial charge on any atom is 0.254 e. The second-order valence-corrected chi connectivity index (χ2v) is 10.9. The highest BCUT2D eigenvalue weighted by atomic mass is 35.5. The first-order valence-electron chi connectivity index (χ1n) is 12.7. The average Bonchev–Trinajstić information content (AvgIpc) is 3.28. The zero-order valence-electron chi connectivity index (χ0n) is 21.6. The van der Waals surface area contributed by atoms with E-state index in [0.717, 1.165) is 12.1 Å². The van der Waals surface area contributed by atoms with Gasteiger partial charge in [0.2, 0.25) is 11.8 Å². The maximum absolute atomic E-state index is 14.8. The van der Waals surface area contributed by atoms with E-state index in [2.05, 4.69) is 5.32 Å². The number of nitrogens with zero attached hydrogens (tertiary/aromatic N) is 1. The highest BCUT2D eigenvalue weighted by Gasteiger charge is 2.43.